The molecule has 2 aliphatic heterocycles. The maximum Gasteiger partial charge on any atom is 0.324 e. The summed E-state index contributed by atoms with van der Waals surface area (Å²) in [5, 5.41) is 0. The van der Waals surface area contributed by atoms with Crippen molar-refractivity contribution in [2.45, 2.75) is 46.6 Å². The van der Waals surface area contributed by atoms with Gasteiger partial charge in [0.2, 0.25) is 10.0 Å². The zero-order valence-corrected chi connectivity index (χ0v) is 23.5. The van der Waals surface area contributed by atoms with Crippen molar-refractivity contribution in [2.75, 3.05) is 11.4 Å². The number of hydrogen-bond acceptors (Lipinski definition) is 6. The summed E-state index contributed by atoms with van der Waals surface area (Å²) in [5.41, 5.74) is 2.66. The zero-order valence-electron chi connectivity index (χ0n) is 20.3. The third-order valence-corrected chi connectivity index (χ3v) is 11.7. The summed E-state index contributed by atoms with van der Waals surface area (Å²) < 4.78 is 62.5. The van der Waals surface area contributed by atoms with Gasteiger partial charge in [-0.05, 0) is 56.2 Å². The Kier molecular flexibility index (Phi) is 6.25. The van der Waals surface area contributed by atoms with E-state index in [-0.39, 0.29) is 16.2 Å². The number of benzene rings is 3. The van der Waals surface area contributed by atoms with E-state index in [4.69, 9.17) is 4.74 Å². The summed E-state index contributed by atoms with van der Waals surface area (Å²) in [5.74, 6) is -0.769. The minimum absolute atomic E-state index is 0.0128. The monoisotopic (exact) mass is 604 g/mol. The van der Waals surface area contributed by atoms with Crippen LogP contribution in [0, 0.1) is 13.8 Å². The molecule has 0 aliphatic carbocycles. The second-order valence-corrected chi connectivity index (χ2v) is 14.3. The number of halogens is 1. The summed E-state index contributed by atoms with van der Waals surface area (Å²) >= 11 is 3.72. The normalized spacial score (nSPS) is 23.5. The molecule has 2 aliphatic rings. The van der Waals surface area contributed by atoms with Crippen molar-refractivity contribution in [3.63, 3.8) is 0 Å². The van der Waals surface area contributed by atoms with Gasteiger partial charge in [0.05, 0.1) is 26.9 Å². The SMILES string of the molecule is COC(=O)[C@H]1C[C@]2(Br)c3ccccc3N(S(=O)(=O)c3ccc(C)cc3)[C@@H]2N1S(=O)(=O)c1ccc(C)cc1. The molecule has 5 rings (SSSR count). The Balaban J connectivity index is 1.77. The van der Waals surface area contributed by atoms with Crippen LogP contribution in [-0.4, -0.2) is 46.4 Å². The van der Waals surface area contributed by atoms with Crippen molar-refractivity contribution in [1.82, 2.24) is 4.31 Å². The van der Waals surface area contributed by atoms with Gasteiger partial charge in [-0.25, -0.2) is 21.1 Å². The molecular formula is C26H25BrN2O6S2. The highest BCUT2D eigenvalue weighted by Crippen LogP contribution is 2.60. The average Bonchev–Trinajstić information content (AvgIpc) is 3.31. The van der Waals surface area contributed by atoms with Gasteiger partial charge in [-0.1, -0.05) is 69.5 Å². The van der Waals surface area contributed by atoms with E-state index in [0.29, 0.717) is 11.3 Å². The van der Waals surface area contributed by atoms with Gasteiger partial charge in [-0.3, -0.25) is 4.79 Å². The molecule has 0 aromatic heterocycles. The van der Waals surface area contributed by atoms with Crippen LogP contribution in [0.4, 0.5) is 5.69 Å². The minimum atomic E-state index is -4.36. The lowest BCUT2D eigenvalue weighted by Gasteiger charge is -2.35. The number of hydrogen-bond donors (Lipinski definition) is 0. The van der Waals surface area contributed by atoms with Gasteiger partial charge in [-0.15, -0.1) is 0 Å². The highest BCUT2D eigenvalue weighted by molar-refractivity contribution is 9.09. The summed E-state index contributed by atoms with van der Waals surface area (Å²) in [6.45, 7) is 3.68. The van der Waals surface area contributed by atoms with Crippen LogP contribution in [0.3, 0.4) is 0 Å². The summed E-state index contributed by atoms with van der Waals surface area (Å²) in [6, 6.07) is 18.2. The van der Waals surface area contributed by atoms with E-state index in [0.717, 1.165) is 19.7 Å². The highest BCUT2D eigenvalue weighted by Gasteiger charge is 2.67. The lowest BCUT2D eigenvalue weighted by atomic mass is 9.96. The maximum atomic E-state index is 14.2. The molecule has 194 valence electrons. The molecule has 0 radical (unpaired) electrons. The molecule has 8 nitrogen and oxygen atoms in total. The topological polar surface area (TPSA) is 101 Å². The number of carbonyl (C=O) groups excluding carboxylic acids is 1. The number of carbonyl (C=O) groups is 1. The number of para-hydroxylation sites is 1. The highest BCUT2D eigenvalue weighted by atomic mass is 79.9. The average molecular weight is 606 g/mol. The van der Waals surface area contributed by atoms with E-state index < -0.39 is 42.5 Å². The van der Waals surface area contributed by atoms with Crippen molar-refractivity contribution in [1.29, 1.82) is 0 Å². The molecule has 0 amide bonds. The lowest BCUT2D eigenvalue weighted by Crippen LogP contribution is -2.55. The molecule has 0 saturated carbocycles. The maximum absolute atomic E-state index is 14.2. The number of methoxy groups -OCH3 is 1. The van der Waals surface area contributed by atoms with Crippen LogP contribution in [0.25, 0.3) is 0 Å². The molecule has 3 aromatic rings. The van der Waals surface area contributed by atoms with E-state index in [1.807, 2.05) is 13.8 Å². The Morgan fingerprint density at radius 1 is 0.865 bits per heavy atom. The number of aryl methyl sites for hydroxylation is 2. The zero-order chi connectivity index (χ0) is 26.8. The van der Waals surface area contributed by atoms with Crippen LogP contribution < -0.4 is 4.31 Å². The van der Waals surface area contributed by atoms with Crippen molar-refractivity contribution in [3.8, 4) is 0 Å². The van der Waals surface area contributed by atoms with Crippen LogP contribution in [0.2, 0.25) is 0 Å². The number of rotatable bonds is 5. The van der Waals surface area contributed by atoms with Gasteiger partial charge in [0.15, 0.2) is 0 Å². The van der Waals surface area contributed by atoms with Crippen LogP contribution in [0.5, 0.6) is 0 Å². The molecule has 37 heavy (non-hydrogen) atoms. The van der Waals surface area contributed by atoms with Gasteiger partial charge in [-0.2, -0.15) is 4.31 Å². The Morgan fingerprint density at radius 3 is 1.92 bits per heavy atom. The number of nitrogens with zero attached hydrogens (tertiary/aromatic N) is 2. The molecule has 3 atom stereocenters. The Bertz CT molecular complexity index is 1590. The van der Waals surface area contributed by atoms with E-state index in [2.05, 4.69) is 15.9 Å². The smallest absolute Gasteiger partial charge is 0.324 e. The largest absolute Gasteiger partial charge is 0.468 e. The van der Waals surface area contributed by atoms with Crippen molar-refractivity contribution in [3.05, 3.63) is 89.5 Å². The Morgan fingerprint density at radius 2 is 1.38 bits per heavy atom. The predicted octanol–water partition coefficient (Wildman–Crippen LogP) is 4.06. The van der Waals surface area contributed by atoms with Gasteiger partial charge in [0, 0.05) is 0 Å². The number of alkyl halides is 1. The van der Waals surface area contributed by atoms with Crippen LogP contribution in [-0.2, 0) is 33.9 Å². The lowest BCUT2D eigenvalue weighted by molar-refractivity contribution is -0.144. The molecular weight excluding hydrogens is 580 g/mol. The fraction of sp³-hybridized carbons (Fsp3) is 0.269. The first-order chi connectivity index (χ1) is 17.4. The molecule has 0 unspecified atom stereocenters. The van der Waals surface area contributed by atoms with Crippen molar-refractivity contribution >= 4 is 47.6 Å². The quantitative estimate of drug-likeness (QED) is 0.321. The Labute approximate surface area is 225 Å². The first-order valence-electron chi connectivity index (χ1n) is 11.5. The second-order valence-electron chi connectivity index (χ2n) is 9.26. The van der Waals surface area contributed by atoms with Gasteiger partial charge >= 0.3 is 5.97 Å². The van der Waals surface area contributed by atoms with Gasteiger partial charge in [0.25, 0.3) is 10.0 Å². The van der Waals surface area contributed by atoms with Gasteiger partial charge < -0.3 is 4.74 Å². The molecule has 1 saturated heterocycles. The standard InChI is InChI=1S/C26H25BrN2O6S2/c1-17-8-12-19(13-9-17)36(31,32)28-22-7-5-4-6-21(22)26(27)16-23(24(30)35-3)29(25(26)28)37(33,34)20-14-10-18(2)11-15-20/h4-15,23,25H,16H2,1-3H3/t23-,25-,26+/m1/s1. The van der Waals surface area contributed by atoms with Crippen LogP contribution >= 0.6 is 15.9 Å². The molecule has 2 heterocycles. The fourth-order valence-corrected chi connectivity index (χ4v) is 9.90. The van der Waals surface area contributed by atoms with E-state index in [1.165, 1.54) is 31.4 Å². The third-order valence-electron chi connectivity index (χ3n) is 6.91. The van der Waals surface area contributed by atoms with Gasteiger partial charge in [0.1, 0.15) is 12.2 Å². The molecule has 3 aromatic carbocycles. The molecule has 0 bridgehead atoms. The number of sulfonamides is 2. The minimum Gasteiger partial charge on any atom is -0.468 e. The van der Waals surface area contributed by atoms with E-state index >= 15 is 0 Å². The summed E-state index contributed by atoms with van der Waals surface area (Å²) in [7, 11) is -7.43. The summed E-state index contributed by atoms with van der Waals surface area (Å²) in [6.07, 6.45) is -1.32. The number of fused-ring (bicyclic) bond motifs is 3. The second kappa shape index (κ2) is 8.93. The first-order valence-corrected chi connectivity index (χ1v) is 15.2. The number of anilines is 1. The van der Waals surface area contributed by atoms with Crippen molar-refractivity contribution < 1.29 is 26.4 Å². The third kappa shape index (κ3) is 3.91. The molecule has 0 spiro atoms. The van der Waals surface area contributed by atoms with E-state index in [9.17, 15) is 21.6 Å². The fourth-order valence-electron chi connectivity index (χ4n) is 5.08. The summed E-state index contributed by atoms with van der Waals surface area (Å²) in [4.78, 5) is 13.0. The molecule has 11 heteroatoms. The molecule has 1 fully saturated rings. The van der Waals surface area contributed by atoms with Crippen LogP contribution in [0.15, 0.2) is 82.6 Å². The number of esters is 1. The van der Waals surface area contributed by atoms with Crippen molar-refractivity contribution in [2.24, 2.45) is 0 Å². The van der Waals surface area contributed by atoms with E-state index in [1.54, 1.807) is 48.5 Å². The molecule has 0 N–H and O–H groups in total. The Hall–Kier alpha value is -2.73. The predicted molar refractivity (Wildman–Crippen MR) is 142 cm³/mol. The number of ether oxygens (including phenoxy) is 1. The van der Waals surface area contributed by atoms with Crippen LogP contribution in [0.1, 0.15) is 23.1 Å². The first kappa shape index (κ1) is 25.9.